The number of carbonyl (C=O) groups is 1. The molecule has 0 saturated carbocycles. The summed E-state index contributed by atoms with van der Waals surface area (Å²) < 4.78 is 5.48. The molecule has 1 aliphatic heterocycles. The number of piperidine rings is 1. The Labute approximate surface area is 78.7 Å². The molecule has 1 N–H and O–H groups in total. The lowest BCUT2D eigenvalue weighted by molar-refractivity contribution is -0.914. The summed E-state index contributed by atoms with van der Waals surface area (Å²) in [5.74, 6) is 0. The summed E-state index contributed by atoms with van der Waals surface area (Å²) in [6.07, 6.45) is 2.66. The molecule has 0 aromatic rings. The predicted octanol–water partition coefficient (Wildman–Crippen LogP) is 1.31. The molecule has 4 nitrogen and oxygen atoms in total. The molecule has 1 fully saturated rings. The van der Waals surface area contributed by atoms with Gasteiger partial charge in [0.05, 0.1) is 20.1 Å². The summed E-state index contributed by atoms with van der Waals surface area (Å²) in [4.78, 5) is 10.1. The summed E-state index contributed by atoms with van der Waals surface area (Å²) in [6.45, 7) is 3.45. The van der Waals surface area contributed by atoms with E-state index in [9.17, 15) is 4.79 Å². The molecule has 0 spiro atoms. The smallest absolute Gasteiger partial charge is 0.450 e. The van der Waals surface area contributed by atoms with Crippen LogP contribution in [0.15, 0.2) is 0 Å². The van der Waals surface area contributed by atoms with E-state index in [0.29, 0.717) is 6.61 Å². The van der Waals surface area contributed by atoms with Crippen molar-refractivity contribution in [3.05, 3.63) is 0 Å². The molecule has 4 heteroatoms. The van der Waals surface area contributed by atoms with Crippen molar-refractivity contribution in [3.63, 3.8) is 0 Å². The fourth-order valence-corrected chi connectivity index (χ4v) is 1.85. The molecule has 0 bridgehead atoms. The van der Waals surface area contributed by atoms with E-state index in [1.54, 1.807) is 0 Å². The number of quaternary nitrogens is 1. The highest BCUT2D eigenvalue weighted by atomic mass is 16.7. The lowest BCUT2D eigenvalue weighted by Crippen LogP contribution is -2.49. The van der Waals surface area contributed by atoms with Crippen LogP contribution in [0.1, 0.15) is 19.3 Å². The zero-order valence-corrected chi connectivity index (χ0v) is 8.16. The molecule has 0 atom stereocenters. The SMILES string of the molecule is C[N+]1(CCOC(=O)O)CCCCC1. The van der Waals surface area contributed by atoms with E-state index < -0.39 is 6.16 Å². The number of likely N-dealkylation sites (tertiary alicyclic amines) is 1. The Bertz CT molecular complexity index is 176. The number of nitrogens with zero attached hydrogens (tertiary/aromatic N) is 1. The van der Waals surface area contributed by atoms with Crippen molar-refractivity contribution in [2.45, 2.75) is 19.3 Å². The predicted molar refractivity (Wildman–Crippen MR) is 48.6 cm³/mol. The van der Waals surface area contributed by atoms with Crippen LogP contribution in [0.4, 0.5) is 4.79 Å². The van der Waals surface area contributed by atoms with Gasteiger partial charge in [-0.3, -0.25) is 0 Å². The first-order chi connectivity index (χ1) is 6.12. The zero-order chi connectivity index (χ0) is 9.73. The third kappa shape index (κ3) is 3.63. The number of rotatable bonds is 3. The fourth-order valence-electron chi connectivity index (χ4n) is 1.85. The van der Waals surface area contributed by atoms with Crippen molar-refractivity contribution in [1.82, 2.24) is 0 Å². The van der Waals surface area contributed by atoms with Gasteiger partial charge >= 0.3 is 6.16 Å². The quantitative estimate of drug-likeness (QED) is 0.536. The minimum Gasteiger partial charge on any atom is -0.450 e. The van der Waals surface area contributed by atoms with Crippen molar-refractivity contribution in [1.29, 1.82) is 0 Å². The zero-order valence-electron chi connectivity index (χ0n) is 8.16. The maximum absolute atomic E-state index is 10.1. The molecule has 1 heterocycles. The number of ether oxygens (including phenoxy) is 1. The van der Waals surface area contributed by atoms with Gasteiger partial charge in [0.2, 0.25) is 0 Å². The maximum atomic E-state index is 10.1. The summed E-state index contributed by atoms with van der Waals surface area (Å²) in [6, 6.07) is 0. The Morgan fingerprint density at radius 2 is 2.00 bits per heavy atom. The fraction of sp³-hybridized carbons (Fsp3) is 0.889. The van der Waals surface area contributed by atoms with Crippen LogP contribution in [-0.4, -0.2) is 49.0 Å². The van der Waals surface area contributed by atoms with Gasteiger partial charge in [-0.05, 0) is 19.3 Å². The van der Waals surface area contributed by atoms with Crippen LogP contribution in [0, 0.1) is 0 Å². The van der Waals surface area contributed by atoms with Crippen LogP contribution in [-0.2, 0) is 4.74 Å². The molecule has 0 amide bonds. The van der Waals surface area contributed by atoms with Crippen molar-refractivity contribution in [3.8, 4) is 0 Å². The average Bonchev–Trinajstić information content (AvgIpc) is 2.04. The summed E-state index contributed by atoms with van der Waals surface area (Å²) in [7, 11) is 2.17. The third-order valence-electron chi connectivity index (χ3n) is 2.75. The first-order valence-electron chi connectivity index (χ1n) is 4.82. The largest absolute Gasteiger partial charge is 0.505 e. The van der Waals surface area contributed by atoms with Gasteiger partial charge < -0.3 is 14.3 Å². The number of likely N-dealkylation sites (N-methyl/N-ethyl adjacent to an activating group) is 1. The molecule has 13 heavy (non-hydrogen) atoms. The Hall–Kier alpha value is -0.770. The number of carboxylic acid groups (broad SMARTS) is 1. The van der Waals surface area contributed by atoms with E-state index in [1.165, 1.54) is 19.3 Å². The molecule has 0 aromatic carbocycles. The van der Waals surface area contributed by atoms with Crippen LogP contribution in [0.25, 0.3) is 0 Å². The van der Waals surface area contributed by atoms with Crippen LogP contribution < -0.4 is 0 Å². The molecule has 1 aliphatic rings. The van der Waals surface area contributed by atoms with E-state index in [-0.39, 0.29) is 0 Å². The van der Waals surface area contributed by atoms with E-state index in [0.717, 1.165) is 24.1 Å². The Morgan fingerprint density at radius 3 is 2.54 bits per heavy atom. The normalized spacial score (nSPS) is 21.0. The molecule has 76 valence electrons. The minimum absolute atomic E-state index is 0.325. The Morgan fingerprint density at radius 1 is 1.38 bits per heavy atom. The van der Waals surface area contributed by atoms with Gasteiger partial charge in [-0.25, -0.2) is 4.79 Å². The van der Waals surface area contributed by atoms with Crippen molar-refractivity contribution >= 4 is 6.16 Å². The molecule has 0 aromatic heterocycles. The first kappa shape index (κ1) is 10.3. The topological polar surface area (TPSA) is 46.5 Å². The lowest BCUT2D eigenvalue weighted by Gasteiger charge is -2.37. The second kappa shape index (κ2) is 4.46. The second-order valence-electron chi connectivity index (χ2n) is 3.97. The van der Waals surface area contributed by atoms with Crippen molar-refractivity contribution in [2.75, 3.05) is 33.3 Å². The third-order valence-corrected chi connectivity index (χ3v) is 2.75. The van der Waals surface area contributed by atoms with Crippen LogP contribution in [0.2, 0.25) is 0 Å². The molecular weight excluding hydrogens is 170 g/mol. The van der Waals surface area contributed by atoms with Gasteiger partial charge in [-0.15, -0.1) is 0 Å². The van der Waals surface area contributed by atoms with Crippen LogP contribution in [0.3, 0.4) is 0 Å². The summed E-state index contributed by atoms with van der Waals surface area (Å²) in [5, 5.41) is 8.30. The van der Waals surface area contributed by atoms with Gasteiger partial charge in [0.15, 0.2) is 0 Å². The monoisotopic (exact) mass is 188 g/mol. The minimum atomic E-state index is -1.16. The van der Waals surface area contributed by atoms with Crippen LogP contribution >= 0.6 is 0 Å². The average molecular weight is 188 g/mol. The van der Waals surface area contributed by atoms with E-state index in [4.69, 9.17) is 5.11 Å². The summed E-state index contributed by atoms with van der Waals surface area (Å²) >= 11 is 0. The van der Waals surface area contributed by atoms with Crippen molar-refractivity contribution < 1.29 is 19.1 Å². The highest BCUT2D eigenvalue weighted by molar-refractivity contribution is 5.56. The molecule has 0 aliphatic carbocycles. The Kier molecular flexibility index (Phi) is 3.54. The molecule has 0 radical (unpaired) electrons. The highest BCUT2D eigenvalue weighted by Crippen LogP contribution is 2.15. The standard InChI is InChI=1S/C9H17NO3/c1-10(5-3-2-4-6-10)7-8-13-9(11)12/h2-8H2,1H3/p+1. The Balaban J connectivity index is 2.21. The van der Waals surface area contributed by atoms with Gasteiger partial charge in [0.25, 0.3) is 0 Å². The highest BCUT2D eigenvalue weighted by Gasteiger charge is 2.24. The molecule has 1 rings (SSSR count). The van der Waals surface area contributed by atoms with Gasteiger partial charge in [-0.1, -0.05) is 0 Å². The molecule has 1 saturated heterocycles. The van der Waals surface area contributed by atoms with Crippen LogP contribution in [0.5, 0.6) is 0 Å². The van der Waals surface area contributed by atoms with E-state index in [2.05, 4.69) is 11.8 Å². The molecular formula is C9H18NO3+. The first-order valence-corrected chi connectivity index (χ1v) is 4.82. The van der Waals surface area contributed by atoms with Crippen molar-refractivity contribution in [2.24, 2.45) is 0 Å². The van der Waals surface area contributed by atoms with Gasteiger partial charge in [-0.2, -0.15) is 0 Å². The summed E-state index contributed by atoms with van der Waals surface area (Å²) in [5.41, 5.74) is 0. The number of hydrogen-bond donors (Lipinski definition) is 1. The van der Waals surface area contributed by atoms with E-state index in [1.807, 2.05) is 0 Å². The maximum Gasteiger partial charge on any atom is 0.505 e. The van der Waals surface area contributed by atoms with Gasteiger partial charge in [0, 0.05) is 0 Å². The lowest BCUT2D eigenvalue weighted by atomic mass is 10.1. The molecule has 0 unspecified atom stereocenters. The van der Waals surface area contributed by atoms with E-state index >= 15 is 0 Å². The second-order valence-corrected chi connectivity index (χ2v) is 3.97. The number of hydrogen-bond acceptors (Lipinski definition) is 2. The van der Waals surface area contributed by atoms with Gasteiger partial charge in [0.1, 0.15) is 13.2 Å².